The van der Waals surface area contributed by atoms with Crippen LogP contribution in [0.5, 0.6) is 5.75 Å². The van der Waals surface area contributed by atoms with Crippen LogP contribution in [0.1, 0.15) is 53.1 Å². The molecule has 2 aromatic rings. The maximum Gasteiger partial charge on any atom is 0.121 e. The summed E-state index contributed by atoms with van der Waals surface area (Å²) in [5.41, 5.74) is 7.34. The molecule has 2 unspecified atom stereocenters. The van der Waals surface area contributed by atoms with E-state index in [4.69, 9.17) is 0 Å². The molecule has 0 saturated carbocycles. The lowest BCUT2D eigenvalue weighted by molar-refractivity contribution is 0.465. The van der Waals surface area contributed by atoms with Gasteiger partial charge in [0.2, 0.25) is 0 Å². The summed E-state index contributed by atoms with van der Waals surface area (Å²) in [6.45, 7) is 8.61. The van der Waals surface area contributed by atoms with Crippen molar-refractivity contribution >= 4 is 5.69 Å². The fourth-order valence-electron chi connectivity index (χ4n) is 3.73. The molecule has 2 heteroatoms. The molecule has 0 fully saturated rings. The first-order valence-electron chi connectivity index (χ1n) is 7.63. The van der Waals surface area contributed by atoms with Crippen LogP contribution in [0.25, 0.3) is 0 Å². The lowest BCUT2D eigenvalue weighted by atomic mass is 9.97. The molecule has 1 aliphatic rings. The Bertz CT molecular complexity index is 670. The third kappa shape index (κ3) is 2.51. The van der Waals surface area contributed by atoms with Gasteiger partial charge in [-0.2, -0.15) is 0 Å². The number of benzene rings is 2. The average Bonchev–Trinajstić information content (AvgIpc) is 2.71. The number of rotatable bonds is 2. The van der Waals surface area contributed by atoms with E-state index in [0.717, 1.165) is 17.7 Å². The maximum absolute atomic E-state index is 10.3. The highest BCUT2D eigenvalue weighted by Gasteiger charge is 2.32. The van der Waals surface area contributed by atoms with Gasteiger partial charge in [0.15, 0.2) is 0 Å². The zero-order valence-electron chi connectivity index (χ0n) is 13.2. The van der Waals surface area contributed by atoms with E-state index in [0.29, 0.717) is 11.7 Å². The van der Waals surface area contributed by atoms with Crippen molar-refractivity contribution in [2.45, 2.75) is 46.1 Å². The van der Waals surface area contributed by atoms with Gasteiger partial charge < -0.3 is 10.4 Å². The minimum absolute atomic E-state index is 0.191. The highest BCUT2D eigenvalue weighted by atomic mass is 16.3. The molecule has 2 N–H and O–H groups in total. The Kier molecular flexibility index (Phi) is 3.40. The van der Waals surface area contributed by atoms with Gasteiger partial charge in [-0.3, -0.25) is 0 Å². The standard InChI is InChI=1S/C19H23NO/c1-11-7-12(2)9-15(8-11)20-16-10-14(4)18-13(3)5-6-17(21)19(16)18/h5-9,14,16,20-21H,10H2,1-4H3. The molecule has 0 spiro atoms. The summed E-state index contributed by atoms with van der Waals surface area (Å²) >= 11 is 0. The van der Waals surface area contributed by atoms with Crippen molar-refractivity contribution in [3.05, 3.63) is 58.1 Å². The van der Waals surface area contributed by atoms with Crippen LogP contribution in [0.2, 0.25) is 0 Å². The topological polar surface area (TPSA) is 32.3 Å². The molecule has 0 radical (unpaired) electrons. The van der Waals surface area contributed by atoms with E-state index in [1.165, 1.54) is 22.3 Å². The van der Waals surface area contributed by atoms with E-state index in [-0.39, 0.29) is 6.04 Å². The van der Waals surface area contributed by atoms with Crippen LogP contribution in [-0.4, -0.2) is 5.11 Å². The summed E-state index contributed by atoms with van der Waals surface area (Å²) in [5, 5.41) is 13.9. The van der Waals surface area contributed by atoms with Crippen molar-refractivity contribution < 1.29 is 5.11 Å². The Balaban J connectivity index is 1.98. The van der Waals surface area contributed by atoms with Crippen LogP contribution in [0, 0.1) is 20.8 Å². The number of phenols is 1. The number of phenolic OH excluding ortho intramolecular Hbond substituents is 1. The lowest BCUT2D eigenvalue weighted by Gasteiger charge is -2.18. The van der Waals surface area contributed by atoms with Gasteiger partial charge >= 0.3 is 0 Å². The third-order valence-corrected chi connectivity index (χ3v) is 4.48. The van der Waals surface area contributed by atoms with Gasteiger partial charge in [-0.05, 0) is 73.6 Å². The largest absolute Gasteiger partial charge is 0.508 e. The molecule has 110 valence electrons. The predicted molar refractivity (Wildman–Crippen MR) is 88.2 cm³/mol. The molecule has 2 atom stereocenters. The Hall–Kier alpha value is -1.96. The molecular formula is C19H23NO. The van der Waals surface area contributed by atoms with Crippen molar-refractivity contribution in [3.63, 3.8) is 0 Å². The van der Waals surface area contributed by atoms with Gasteiger partial charge in [0.05, 0.1) is 6.04 Å². The minimum atomic E-state index is 0.191. The maximum atomic E-state index is 10.3. The highest BCUT2D eigenvalue weighted by molar-refractivity contribution is 5.57. The Morgan fingerprint density at radius 2 is 1.67 bits per heavy atom. The smallest absolute Gasteiger partial charge is 0.121 e. The number of hydrogen-bond acceptors (Lipinski definition) is 2. The fourth-order valence-corrected chi connectivity index (χ4v) is 3.73. The molecule has 2 nitrogen and oxygen atoms in total. The van der Waals surface area contributed by atoms with Crippen LogP contribution in [0.15, 0.2) is 30.3 Å². The number of hydrogen-bond donors (Lipinski definition) is 2. The first-order valence-corrected chi connectivity index (χ1v) is 7.63. The Labute approximate surface area is 126 Å². The summed E-state index contributed by atoms with van der Waals surface area (Å²) in [6, 6.07) is 10.5. The number of nitrogens with one attached hydrogen (secondary N) is 1. The summed E-state index contributed by atoms with van der Waals surface area (Å²) in [6.07, 6.45) is 1.03. The molecule has 2 aromatic carbocycles. The van der Waals surface area contributed by atoms with Crippen molar-refractivity contribution in [2.75, 3.05) is 5.32 Å². The molecule has 0 aliphatic heterocycles. The van der Waals surface area contributed by atoms with Gasteiger partial charge in [0.1, 0.15) is 5.75 Å². The first kappa shape index (κ1) is 14.0. The quantitative estimate of drug-likeness (QED) is 0.814. The highest BCUT2D eigenvalue weighted by Crippen LogP contribution is 2.47. The van der Waals surface area contributed by atoms with Crippen LogP contribution in [0.3, 0.4) is 0 Å². The first-order chi connectivity index (χ1) is 9.95. The third-order valence-electron chi connectivity index (χ3n) is 4.48. The molecular weight excluding hydrogens is 258 g/mol. The van der Waals surface area contributed by atoms with Gasteiger partial charge in [0.25, 0.3) is 0 Å². The van der Waals surface area contributed by atoms with Crippen LogP contribution in [0.4, 0.5) is 5.69 Å². The summed E-state index contributed by atoms with van der Waals surface area (Å²) in [4.78, 5) is 0. The number of anilines is 1. The monoisotopic (exact) mass is 281 g/mol. The van der Waals surface area contributed by atoms with Crippen LogP contribution in [-0.2, 0) is 0 Å². The number of fused-ring (bicyclic) bond motifs is 1. The number of aryl methyl sites for hydroxylation is 3. The number of aromatic hydroxyl groups is 1. The zero-order chi connectivity index (χ0) is 15.1. The predicted octanol–water partition coefficient (Wildman–Crippen LogP) is 4.98. The second-order valence-electron chi connectivity index (χ2n) is 6.44. The van der Waals surface area contributed by atoms with Crippen molar-refractivity contribution in [1.82, 2.24) is 0 Å². The molecule has 3 rings (SSSR count). The second-order valence-corrected chi connectivity index (χ2v) is 6.44. The summed E-state index contributed by atoms with van der Waals surface area (Å²) in [7, 11) is 0. The van der Waals surface area contributed by atoms with Crippen LogP contribution < -0.4 is 5.32 Å². The average molecular weight is 281 g/mol. The Morgan fingerprint density at radius 1 is 1.00 bits per heavy atom. The van der Waals surface area contributed by atoms with Gasteiger partial charge in [-0.25, -0.2) is 0 Å². The van der Waals surface area contributed by atoms with Crippen molar-refractivity contribution in [3.8, 4) is 5.75 Å². The van der Waals surface area contributed by atoms with E-state index in [1.54, 1.807) is 0 Å². The van der Waals surface area contributed by atoms with E-state index >= 15 is 0 Å². The second kappa shape index (κ2) is 5.10. The van der Waals surface area contributed by atoms with Gasteiger partial charge in [0, 0.05) is 11.3 Å². The van der Waals surface area contributed by atoms with Gasteiger partial charge in [-0.15, -0.1) is 0 Å². The van der Waals surface area contributed by atoms with E-state index in [9.17, 15) is 5.11 Å². The van der Waals surface area contributed by atoms with Gasteiger partial charge in [-0.1, -0.05) is 19.1 Å². The molecule has 1 aliphatic carbocycles. The van der Waals surface area contributed by atoms with Crippen molar-refractivity contribution in [1.29, 1.82) is 0 Å². The molecule has 0 amide bonds. The lowest BCUT2D eigenvalue weighted by Crippen LogP contribution is -2.08. The SMILES string of the molecule is Cc1cc(C)cc(NC2CC(C)c3c(C)ccc(O)c32)c1. The molecule has 0 saturated heterocycles. The summed E-state index contributed by atoms with van der Waals surface area (Å²) in [5.74, 6) is 0.900. The van der Waals surface area contributed by atoms with E-state index < -0.39 is 0 Å². The fraction of sp³-hybridized carbons (Fsp3) is 0.368. The minimum Gasteiger partial charge on any atom is -0.508 e. The van der Waals surface area contributed by atoms with Crippen LogP contribution >= 0.6 is 0 Å². The van der Waals surface area contributed by atoms with E-state index in [2.05, 4.69) is 51.2 Å². The van der Waals surface area contributed by atoms with E-state index in [1.807, 2.05) is 12.1 Å². The molecule has 21 heavy (non-hydrogen) atoms. The van der Waals surface area contributed by atoms with Crippen molar-refractivity contribution in [2.24, 2.45) is 0 Å². The molecule has 0 heterocycles. The Morgan fingerprint density at radius 3 is 2.33 bits per heavy atom. The normalized spacial score (nSPS) is 20.4. The molecule has 0 aromatic heterocycles. The molecule has 0 bridgehead atoms. The summed E-state index contributed by atoms with van der Waals surface area (Å²) < 4.78 is 0. The zero-order valence-corrected chi connectivity index (χ0v) is 13.2.